The van der Waals surface area contributed by atoms with Gasteiger partial charge in [-0.3, -0.25) is 0 Å². The van der Waals surface area contributed by atoms with Crippen LogP contribution in [0.2, 0.25) is 19.6 Å². The molecule has 0 aromatic heterocycles. The Morgan fingerprint density at radius 3 is 0.582 bits per heavy atom. The van der Waals surface area contributed by atoms with Gasteiger partial charge in [-0.05, 0) is 0 Å². The molecule has 3 aliphatic rings. The molecule has 0 unspecified atom stereocenters. The quantitative estimate of drug-likeness (QED) is 0.157. The standard InChI is InChI=1S/C45H50O12Si10/c1-58-46-61(39-25-11-4-12-26-39)49-64(42-31-17-7-18-32-42)51-62(47-59-2,40-27-13-5-14-28-40)53-66(44-35-21-9-22-36-44)54-63(48-60-3,41-29-15-6-16-30-41)52-65(50-61,43-33-19-8-20-34-43)56-67(55-64,57-66)45-37-23-10-24-38-45/h4-38H,58-60H2,1-3H3. The zero-order valence-corrected chi connectivity index (χ0v) is 48.5. The maximum absolute atomic E-state index is 8.15. The molecule has 12 nitrogen and oxygen atoms in total. The summed E-state index contributed by atoms with van der Waals surface area (Å²) < 4.78 is 94.7. The summed E-state index contributed by atoms with van der Waals surface area (Å²) >= 11 is 0. The van der Waals surface area contributed by atoms with Crippen LogP contribution in [0.3, 0.4) is 0 Å². The van der Waals surface area contributed by atoms with Crippen LogP contribution in [0.5, 0.6) is 0 Å². The maximum atomic E-state index is 8.15. The molecule has 0 amide bonds. The van der Waals surface area contributed by atoms with E-state index in [1.54, 1.807) is 0 Å². The second kappa shape index (κ2) is 19.6. The van der Waals surface area contributed by atoms with Crippen LogP contribution < -0.4 is 36.3 Å². The highest BCUT2D eigenvalue weighted by molar-refractivity contribution is 7.10. The zero-order chi connectivity index (χ0) is 45.9. The first-order valence-electron chi connectivity index (χ1n) is 22.4. The molecule has 4 bridgehead atoms. The molecule has 3 aliphatic heterocycles. The van der Waals surface area contributed by atoms with Crippen LogP contribution in [0.4, 0.5) is 0 Å². The van der Waals surface area contributed by atoms with Gasteiger partial charge in [0.05, 0.1) is 0 Å². The lowest BCUT2D eigenvalue weighted by Gasteiger charge is -2.58. The van der Waals surface area contributed by atoms with Crippen molar-refractivity contribution in [3.8, 4) is 0 Å². The van der Waals surface area contributed by atoms with Crippen LogP contribution in [-0.2, 0) is 49.4 Å². The van der Waals surface area contributed by atoms with Gasteiger partial charge in [-0.1, -0.05) is 232 Å². The van der Waals surface area contributed by atoms with E-state index in [-0.39, 0.29) is 0 Å². The molecule has 3 heterocycles. The van der Waals surface area contributed by atoms with Crippen molar-refractivity contribution in [1.82, 2.24) is 0 Å². The van der Waals surface area contributed by atoms with Crippen LogP contribution in [-0.4, -0.2) is 90.9 Å². The second-order valence-electron chi connectivity index (χ2n) is 15.7. The summed E-state index contributed by atoms with van der Waals surface area (Å²) in [5.74, 6) is 0. The van der Waals surface area contributed by atoms with E-state index in [4.69, 9.17) is 49.4 Å². The molecule has 10 rings (SSSR count). The van der Waals surface area contributed by atoms with E-state index in [0.29, 0.717) is 36.3 Å². The minimum Gasteiger partial charge on any atom is -0.419 e. The molecule has 0 spiro atoms. The predicted octanol–water partition coefficient (Wildman–Crippen LogP) is 1.54. The monoisotopic (exact) mass is 1060 g/mol. The smallest absolute Gasteiger partial charge is 0.419 e. The Labute approximate surface area is 406 Å². The molecule has 7 aromatic rings. The van der Waals surface area contributed by atoms with Gasteiger partial charge in [0.1, 0.15) is 29.3 Å². The highest BCUT2D eigenvalue weighted by Gasteiger charge is 2.80. The Bertz CT molecular complexity index is 2430. The lowest BCUT2D eigenvalue weighted by molar-refractivity contribution is 0.0404. The van der Waals surface area contributed by atoms with Gasteiger partial charge in [0, 0.05) is 36.3 Å². The Hall–Kier alpha value is -3.77. The van der Waals surface area contributed by atoms with Crippen LogP contribution in [0.25, 0.3) is 0 Å². The molecule has 3 fully saturated rings. The molecule has 0 saturated carbocycles. The van der Waals surface area contributed by atoms with E-state index in [9.17, 15) is 0 Å². The largest absolute Gasteiger partial charge is 0.515 e. The molecule has 3 saturated heterocycles. The number of benzene rings is 7. The van der Waals surface area contributed by atoms with E-state index >= 15 is 0 Å². The minimum absolute atomic E-state index is 0.592. The molecular formula is C45H50O12Si10. The SMILES string of the molecule is C[SiH2]O[Si]1(c2ccccc2)O[Si]2(c3ccccc3)O[Si](O[SiH2]C)(c3ccccc3)O[Si]3(c4ccccc4)O[Si](O[SiH2]C)(c4ccccc4)O[Si](c4ccccc4)(O1)O[Si](c1ccccc1)(O2)O3. The molecule has 0 atom stereocenters. The summed E-state index contributed by atoms with van der Waals surface area (Å²) in [5.41, 5.74) is 0. The Kier molecular flexibility index (Phi) is 13.7. The highest BCUT2D eigenvalue weighted by atomic mass is 28.6. The number of hydrogen-bond donors (Lipinski definition) is 0. The van der Waals surface area contributed by atoms with Gasteiger partial charge in [-0.2, -0.15) is 0 Å². The Morgan fingerprint density at radius 2 is 0.403 bits per heavy atom. The molecule has 0 aliphatic carbocycles. The third-order valence-corrected chi connectivity index (χ3v) is 46.0. The molecule has 0 N–H and O–H groups in total. The molecule has 0 radical (unpaired) electrons. The first-order valence-corrected chi connectivity index (χ1v) is 40.4. The predicted molar refractivity (Wildman–Crippen MR) is 279 cm³/mol. The fourth-order valence-corrected chi connectivity index (χ4v) is 53.2. The lowest BCUT2D eigenvalue weighted by atomic mass is 10.4. The molecular weight excluding hydrogens is 1010 g/mol. The van der Waals surface area contributed by atoms with E-state index in [1.165, 1.54) is 0 Å². The minimum atomic E-state index is -4.73. The van der Waals surface area contributed by atoms with E-state index in [2.05, 4.69) is 19.6 Å². The van der Waals surface area contributed by atoms with Crippen molar-refractivity contribution in [1.29, 1.82) is 0 Å². The van der Waals surface area contributed by atoms with Crippen molar-refractivity contribution < 1.29 is 49.4 Å². The summed E-state index contributed by atoms with van der Waals surface area (Å²) in [7, 11) is -36.2. The van der Waals surface area contributed by atoms with Crippen molar-refractivity contribution in [2.45, 2.75) is 19.6 Å². The van der Waals surface area contributed by atoms with Crippen molar-refractivity contribution in [3.63, 3.8) is 0 Å². The lowest BCUT2D eigenvalue weighted by Crippen LogP contribution is -2.91. The molecule has 22 heteroatoms. The van der Waals surface area contributed by atoms with Gasteiger partial charge >= 0.3 is 61.6 Å². The fraction of sp³-hybridized carbons (Fsp3) is 0.0667. The zero-order valence-electron chi connectivity index (χ0n) is 37.2. The first kappa shape index (κ1) is 46.9. The Balaban J connectivity index is 1.42. The normalized spacial score (nSPS) is 31.1. The van der Waals surface area contributed by atoms with Gasteiger partial charge in [0.15, 0.2) is 0 Å². The average Bonchev–Trinajstić information content (AvgIpc) is 3.37. The van der Waals surface area contributed by atoms with Crippen LogP contribution in [0, 0.1) is 0 Å². The van der Waals surface area contributed by atoms with Crippen LogP contribution >= 0.6 is 0 Å². The summed E-state index contributed by atoms with van der Waals surface area (Å²) in [6, 6.07) is 68.3. The van der Waals surface area contributed by atoms with Gasteiger partial charge in [-0.15, -0.1) is 0 Å². The third-order valence-electron chi connectivity index (χ3n) is 11.3. The molecule has 7 aromatic carbocycles. The van der Waals surface area contributed by atoms with E-state index in [0.717, 1.165) is 0 Å². The number of hydrogen-bond acceptors (Lipinski definition) is 12. The first-order chi connectivity index (χ1) is 32.8. The van der Waals surface area contributed by atoms with Gasteiger partial charge in [0.25, 0.3) is 0 Å². The van der Waals surface area contributed by atoms with Crippen molar-refractivity contribution in [3.05, 3.63) is 212 Å². The molecule has 342 valence electrons. The van der Waals surface area contributed by atoms with Gasteiger partial charge in [-0.25, -0.2) is 0 Å². The third kappa shape index (κ3) is 8.79. The topological polar surface area (TPSA) is 111 Å². The second-order valence-corrected chi connectivity index (χ2v) is 40.0. The van der Waals surface area contributed by atoms with Crippen molar-refractivity contribution >= 4 is 127 Å². The highest BCUT2D eigenvalue weighted by Crippen LogP contribution is 2.43. The summed E-state index contributed by atoms with van der Waals surface area (Å²) in [6.07, 6.45) is 0. The van der Waals surface area contributed by atoms with E-state index < -0.39 is 90.9 Å². The fourth-order valence-electron chi connectivity index (χ4n) is 8.46. The average molecular weight is 1060 g/mol. The summed E-state index contributed by atoms with van der Waals surface area (Å²) in [6.45, 7) is 6.16. The van der Waals surface area contributed by atoms with Gasteiger partial charge in [0.2, 0.25) is 0 Å². The van der Waals surface area contributed by atoms with E-state index in [1.807, 2.05) is 212 Å². The maximum Gasteiger partial charge on any atom is 0.515 e. The summed E-state index contributed by atoms with van der Waals surface area (Å²) in [4.78, 5) is 0. The van der Waals surface area contributed by atoms with Crippen molar-refractivity contribution in [2.24, 2.45) is 0 Å². The molecule has 67 heavy (non-hydrogen) atoms. The van der Waals surface area contributed by atoms with Crippen LogP contribution in [0.15, 0.2) is 212 Å². The summed E-state index contributed by atoms with van der Waals surface area (Å²) in [5, 5.41) is 4.42. The van der Waals surface area contributed by atoms with Crippen LogP contribution in [0.1, 0.15) is 0 Å². The van der Waals surface area contributed by atoms with Gasteiger partial charge < -0.3 is 49.4 Å². The number of fused-ring (bicyclic) bond motifs is 3. The van der Waals surface area contributed by atoms with Crippen molar-refractivity contribution in [2.75, 3.05) is 0 Å². The number of rotatable bonds is 13. The Morgan fingerprint density at radius 1 is 0.239 bits per heavy atom.